The number of aryl methyl sites for hydroxylation is 2. The van der Waals surface area contributed by atoms with Crippen LogP contribution in [0.3, 0.4) is 0 Å². The number of benzene rings is 2. The molecular formula is C20H14F3N3O2. The first-order chi connectivity index (χ1) is 13.2. The van der Waals surface area contributed by atoms with Gasteiger partial charge in [-0.2, -0.15) is 18.2 Å². The van der Waals surface area contributed by atoms with Crippen LogP contribution in [-0.4, -0.2) is 20.6 Å². The summed E-state index contributed by atoms with van der Waals surface area (Å²) in [6.07, 6.45) is -3.00. The Morgan fingerprint density at radius 1 is 1.07 bits per heavy atom. The number of carbonyl (C=O) groups excluding carboxylic acids is 1. The van der Waals surface area contributed by atoms with E-state index in [2.05, 4.69) is 14.7 Å². The molecule has 0 N–H and O–H groups in total. The Hall–Kier alpha value is -3.42. The van der Waals surface area contributed by atoms with E-state index in [-0.39, 0.29) is 11.7 Å². The van der Waals surface area contributed by atoms with Crippen molar-refractivity contribution in [1.82, 2.24) is 14.7 Å². The highest BCUT2D eigenvalue weighted by molar-refractivity contribution is 6.03. The molecular weight excluding hydrogens is 371 g/mol. The third-order valence-corrected chi connectivity index (χ3v) is 4.45. The Kier molecular flexibility index (Phi) is 4.06. The third-order valence-electron chi connectivity index (χ3n) is 4.45. The molecule has 0 aliphatic rings. The van der Waals surface area contributed by atoms with Gasteiger partial charge < -0.3 is 4.52 Å². The molecule has 0 aliphatic carbocycles. The van der Waals surface area contributed by atoms with E-state index in [0.717, 1.165) is 16.5 Å². The average molecular weight is 385 g/mol. The molecule has 0 amide bonds. The van der Waals surface area contributed by atoms with Gasteiger partial charge in [-0.1, -0.05) is 22.9 Å². The van der Waals surface area contributed by atoms with Gasteiger partial charge in [-0.15, -0.1) is 0 Å². The van der Waals surface area contributed by atoms with Crippen LogP contribution in [0.1, 0.15) is 27.4 Å². The maximum Gasteiger partial charge on any atom is 0.471 e. The molecule has 0 fully saturated rings. The molecule has 28 heavy (non-hydrogen) atoms. The molecule has 0 atom stereocenters. The molecule has 0 spiro atoms. The summed E-state index contributed by atoms with van der Waals surface area (Å²) in [5.74, 6) is -1.75. The Balaban J connectivity index is 1.76. The zero-order valence-corrected chi connectivity index (χ0v) is 14.9. The van der Waals surface area contributed by atoms with E-state index in [4.69, 9.17) is 0 Å². The molecule has 0 saturated heterocycles. The lowest BCUT2D eigenvalue weighted by Crippen LogP contribution is -2.10. The Bertz CT molecular complexity index is 1190. The smallest absolute Gasteiger partial charge is 0.329 e. The molecule has 5 nitrogen and oxygen atoms in total. The van der Waals surface area contributed by atoms with Gasteiger partial charge in [0.15, 0.2) is 0 Å². The van der Waals surface area contributed by atoms with E-state index in [1.165, 1.54) is 4.57 Å². The van der Waals surface area contributed by atoms with Crippen LogP contribution in [-0.2, 0) is 6.18 Å². The topological polar surface area (TPSA) is 60.9 Å². The molecule has 2 aromatic heterocycles. The van der Waals surface area contributed by atoms with Crippen molar-refractivity contribution >= 4 is 16.8 Å². The van der Waals surface area contributed by atoms with E-state index >= 15 is 0 Å². The minimum atomic E-state index is -4.70. The highest BCUT2D eigenvalue weighted by atomic mass is 19.4. The molecule has 0 bridgehead atoms. The quantitative estimate of drug-likeness (QED) is 0.486. The minimum absolute atomic E-state index is 0.161. The Labute approximate surface area is 157 Å². The van der Waals surface area contributed by atoms with Crippen molar-refractivity contribution in [3.8, 4) is 11.4 Å². The highest BCUT2D eigenvalue weighted by Crippen LogP contribution is 2.31. The van der Waals surface area contributed by atoms with E-state index in [9.17, 15) is 18.0 Å². The van der Waals surface area contributed by atoms with Crippen molar-refractivity contribution in [2.45, 2.75) is 20.0 Å². The maximum absolute atomic E-state index is 12.9. The van der Waals surface area contributed by atoms with Gasteiger partial charge in [-0.05, 0) is 49.7 Å². The van der Waals surface area contributed by atoms with E-state index in [1.807, 2.05) is 26.0 Å². The highest BCUT2D eigenvalue weighted by Gasteiger charge is 2.38. The lowest BCUT2D eigenvalue weighted by Gasteiger charge is -2.05. The summed E-state index contributed by atoms with van der Waals surface area (Å²) in [6.45, 7) is 3.76. The first kappa shape index (κ1) is 18.0. The first-order valence-electron chi connectivity index (χ1n) is 8.38. The van der Waals surface area contributed by atoms with Crippen molar-refractivity contribution in [1.29, 1.82) is 0 Å². The molecule has 0 radical (unpaired) electrons. The van der Waals surface area contributed by atoms with Gasteiger partial charge in [0, 0.05) is 22.7 Å². The van der Waals surface area contributed by atoms with E-state index in [0.29, 0.717) is 16.6 Å². The second kappa shape index (κ2) is 6.33. The maximum atomic E-state index is 12.9. The summed E-state index contributed by atoms with van der Waals surface area (Å²) >= 11 is 0. The number of rotatable bonds is 2. The zero-order valence-electron chi connectivity index (χ0n) is 14.9. The number of hydrogen-bond donors (Lipinski definition) is 0. The van der Waals surface area contributed by atoms with Crippen LogP contribution in [0.4, 0.5) is 13.2 Å². The molecule has 2 heterocycles. The lowest BCUT2D eigenvalue weighted by atomic mass is 10.1. The fourth-order valence-corrected chi connectivity index (χ4v) is 2.99. The van der Waals surface area contributed by atoms with Crippen LogP contribution in [0, 0.1) is 13.8 Å². The molecule has 4 rings (SSSR count). The number of nitrogens with zero attached hydrogens (tertiary/aromatic N) is 3. The summed E-state index contributed by atoms with van der Waals surface area (Å²) in [5, 5.41) is 4.13. The predicted octanol–water partition coefficient (Wildman–Crippen LogP) is 5.02. The number of fused-ring (bicyclic) bond motifs is 1. The Morgan fingerprint density at radius 3 is 2.43 bits per heavy atom. The molecule has 0 unspecified atom stereocenters. The summed E-state index contributed by atoms with van der Waals surface area (Å²) in [4.78, 5) is 16.3. The summed E-state index contributed by atoms with van der Waals surface area (Å²) in [6, 6.07) is 12.1. The number of alkyl halides is 3. The van der Waals surface area contributed by atoms with Gasteiger partial charge in [-0.3, -0.25) is 9.36 Å². The number of carbonyl (C=O) groups is 1. The minimum Gasteiger partial charge on any atom is -0.329 e. The van der Waals surface area contributed by atoms with Crippen LogP contribution in [0.25, 0.3) is 22.3 Å². The fourth-order valence-electron chi connectivity index (χ4n) is 2.99. The predicted molar refractivity (Wildman–Crippen MR) is 95.9 cm³/mol. The SMILES string of the molecule is Cc1ccc(C(=O)n2cc(C)c3cc(-c4noc(C(F)(F)F)n4)ccc32)cc1. The van der Waals surface area contributed by atoms with Gasteiger partial charge in [0.1, 0.15) is 0 Å². The van der Waals surface area contributed by atoms with Crippen LogP contribution >= 0.6 is 0 Å². The van der Waals surface area contributed by atoms with Gasteiger partial charge in [0.05, 0.1) is 5.52 Å². The number of halogens is 3. The summed E-state index contributed by atoms with van der Waals surface area (Å²) < 4.78 is 43.8. The molecule has 0 aliphatic heterocycles. The van der Waals surface area contributed by atoms with Crippen LogP contribution < -0.4 is 0 Å². The van der Waals surface area contributed by atoms with E-state index < -0.39 is 12.1 Å². The normalized spacial score (nSPS) is 11.9. The second-order valence-electron chi connectivity index (χ2n) is 6.51. The largest absolute Gasteiger partial charge is 0.471 e. The molecule has 142 valence electrons. The van der Waals surface area contributed by atoms with Gasteiger partial charge >= 0.3 is 12.1 Å². The average Bonchev–Trinajstić information content (AvgIpc) is 3.27. The zero-order chi connectivity index (χ0) is 20.1. The van der Waals surface area contributed by atoms with Crippen molar-refractivity contribution < 1.29 is 22.5 Å². The molecule has 0 saturated carbocycles. The number of hydrogen-bond acceptors (Lipinski definition) is 4. The second-order valence-corrected chi connectivity index (χ2v) is 6.51. The monoisotopic (exact) mass is 385 g/mol. The van der Waals surface area contributed by atoms with Gasteiger partial charge in [0.25, 0.3) is 5.91 Å². The standard InChI is InChI=1S/C20H14F3N3O2/c1-11-3-5-13(6-4-11)18(27)26-10-12(2)15-9-14(7-8-16(15)26)17-24-19(28-25-17)20(21,22)23/h3-10H,1-2H3. The molecule has 8 heteroatoms. The lowest BCUT2D eigenvalue weighted by molar-refractivity contribution is -0.159. The van der Waals surface area contributed by atoms with Crippen molar-refractivity contribution in [3.63, 3.8) is 0 Å². The molecule has 4 aromatic rings. The first-order valence-corrected chi connectivity index (χ1v) is 8.38. The van der Waals surface area contributed by atoms with E-state index in [1.54, 1.807) is 36.5 Å². The third kappa shape index (κ3) is 3.06. The van der Waals surface area contributed by atoms with Gasteiger partial charge in [0.2, 0.25) is 5.82 Å². The van der Waals surface area contributed by atoms with Crippen LogP contribution in [0.5, 0.6) is 0 Å². The van der Waals surface area contributed by atoms with Crippen LogP contribution in [0.15, 0.2) is 53.2 Å². The Morgan fingerprint density at radius 2 is 1.79 bits per heavy atom. The van der Waals surface area contributed by atoms with Crippen LogP contribution in [0.2, 0.25) is 0 Å². The van der Waals surface area contributed by atoms with Crippen molar-refractivity contribution in [2.24, 2.45) is 0 Å². The van der Waals surface area contributed by atoms with Gasteiger partial charge in [-0.25, -0.2) is 0 Å². The fraction of sp³-hybridized carbons (Fsp3) is 0.150. The summed E-state index contributed by atoms with van der Waals surface area (Å²) in [5.41, 5.74) is 3.41. The summed E-state index contributed by atoms with van der Waals surface area (Å²) in [7, 11) is 0. The molecule has 2 aromatic carbocycles. The van der Waals surface area contributed by atoms with Crippen molar-refractivity contribution in [3.05, 3.63) is 71.2 Å². The van der Waals surface area contributed by atoms with Crippen molar-refractivity contribution in [2.75, 3.05) is 0 Å². The number of aromatic nitrogens is 3.